The highest BCUT2D eigenvalue weighted by atomic mass is 79.9. The van der Waals surface area contributed by atoms with Crippen LogP contribution in [0.15, 0.2) is 65.3 Å². The van der Waals surface area contributed by atoms with E-state index < -0.39 is 0 Å². The van der Waals surface area contributed by atoms with Gasteiger partial charge in [-0.05, 0) is 33.6 Å². The lowest BCUT2D eigenvalue weighted by atomic mass is 10.2. The Kier molecular flexibility index (Phi) is 4.30. The highest BCUT2D eigenvalue weighted by Crippen LogP contribution is 2.22. The van der Waals surface area contributed by atoms with Gasteiger partial charge in [-0.1, -0.05) is 42.5 Å². The number of hydrogen-bond donors (Lipinski definition) is 1. The van der Waals surface area contributed by atoms with Gasteiger partial charge in [0, 0.05) is 13.2 Å². The van der Waals surface area contributed by atoms with E-state index in [9.17, 15) is 4.79 Å². The Balaban J connectivity index is 1.73. The maximum atomic E-state index is 12.7. The molecule has 2 aromatic carbocycles. The minimum absolute atomic E-state index is 0.304. The number of para-hydroxylation sites is 2. The lowest BCUT2D eigenvalue weighted by Gasteiger charge is -2.10. The van der Waals surface area contributed by atoms with E-state index in [1.54, 1.807) is 17.9 Å². The molecule has 0 atom stereocenters. The summed E-state index contributed by atoms with van der Waals surface area (Å²) in [5.74, 6) is 0.194. The number of halogens is 1. The van der Waals surface area contributed by atoms with Gasteiger partial charge in [0.05, 0.1) is 22.1 Å². The van der Waals surface area contributed by atoms with Gasteiger partial charge in [-0.2, -0.15) is 5.10 Å². The topological polar surface area (TPSA) is 64.7 Å². The normalized spacial score (nSPS) is 11.0. The third kappa shape index (κ3) is 3.13. The summed E-state index contributed by atoms with van der Waals surface area (Å²) in [6.45, 7) is 0.611. The fourth-order valence-corrected chi connectivity index (χ4v) is 3.43. The number of nitrogens with zero attached hydrogens (tertiary/aromatic N) is 4. The lowest BCUT2D eigenvalue weighted by molar-refractivity contribution is 0.101. The van der Waals surface area contributed by atoms with Crippen molar-refractivity contribution in [1.29, 1.82) is 0 Å². The Morgan fingerprint density at radius 1 is 1.12 bits per heavy atom. The summed E-state index contributed by atoms with van der Waals surface area (Å²) in [5, 5.41) is 7.09. The first-order chi connectivity index (χ1) is 12.6. The first-order valence-corrected chi connectivity index (χ1v) is 8.91. The number of hydrogen-bond acceptors (Lipinski definition) is 3. The molecule has 0 aliphatic carbocycles. The second-order valence-corrected chi connectivity index (χ2v) is 6.80. The van der Waals surface area contributed by atoms with Crippen LogP contribution >= 0.6 is 15.9 Å². The molecule has 0 unspecified atom stereocenters. The number of amides is 1. The molecule has 0 bridgehead atoms. The molecule has 0 aliphatic rings. The molecule has 0 fully saturated rings. The van der Waals surface area contributed by atoms with Crippen molar-refractivity contribution in [3.05, 3.63) is 76.5 Å². The van der Waals surface area contributed by atoms with Crippen molar-refractivity contribution in [2.75, 3.05) is 5.32 Å². The van der Waals surface area contributed by atoms with Crippen molar-refractivity contribution in [1.82, 2.24) is 19.3 Å². The zero-order valence-electron chi connectivity index (χ0n) is 14.1. The van der Waals surface area contributed by atoms with Crippen molar-refractivity contribution in [3.8, 4) is 0 Å². The summed E-state index contributed by atoms with van der Waals surface area (Å²) in [7, 11) is 1.77. The van der Waals surface area contributed by atoms with Gasteiger partial charge in [-0.25, -0.2) is 4.98 Å². The van der Waals surface area contributed by atoms with Crippen molar-refractivity contribution < 1.29 is 4.79 Å². The van der Waals surface area contributed by atoms with Crippen molar-refractivity contribution in [3.63, 3.8) is 0 Å². The number of aryl methyl sites for hydroxylation is 1. The van der Waals surface area contributed by atoms with Gasteiger partial charge in [0.1, 0.15) is 0 Å². The predicted molar refractivity (Wildman–Crippen MR) is 104 cm³/mol. The maximum absolute atomic E-state index is 12.7. The highest BCUT2D eigenvalue weighted by molar-refractivity contribution is 9.10. The molecule has 0 spiro atoms. The molecule has 0 saturated heterocycles. The average molecular weight is 410 g/mol. The third-order valence-electron chi connectivity index (χ3n) is 4.06. The Bertz CT molecular complexity index is 1080. The summed E-state index contributed by atoms with van der Waals surface area (Å²) in [4.78, 5) is 17.3. The number of anilines is 1. The molecule has 1 amide bonds. The van der Waals surface area contributed by atoms with Gasteiger partial charge >= 0.3 is 0 Å². The second kappa shape index (κ2) is 6.76. The van der Waals surface area contributed by atoms with Crippen LogP contribution in [-0.4, -0.2) is 25.2 Å². The van der Waals surface area contributed by atoms with E-state index in [2.05, 4.69) is 43.5 Å². The van der Waals surface area contributed by atoms with E-state index >= 15 is 0 Å². The minimum atomic E-state index is -0.304. The third-order valence-corrected chi connectivity index (χ3v) is 4.64. The molecular weight excluding hydrogens is 394 g/mol. The van der Waals surface area contributed by atoms with Crippen LogP contribution in [0.3, 0.4) is 0 Å². The molecule has 2 aromatic heterocycles. The molecule has 6 nitrogen and oxygen atoms in total. The molecule has 1 N–H and O–H groups in total. The molecule has 0 saturated carbocycles. The molecule has 0 aliphatic heterocycles. The predicted octanol–water partition coefficient (Wildman–Crippen LogP) is 3.83. The van der Waals surface area contributed by atoms with E-state index in [4.69, 9.17) is 0 Å². The number of imidazole rings is 1. The Labute approximate surface area is 158 Å². The van der Waals surface area contributed by atoms with E-state index in [1.165, 1.54) is 0 Å². The Morgan fingerprint density at radius 2 is 1.85 bits per heavy atom. The quantitative estimate of drug-likeness (QED) is 0.556. The standard InChI is InChI=1S/C19H16BrN5O/c1-24-12-14(20)17(23-24)18(26)22-19-21-15-9-5-6-10-16(15)25(19)11-13-7-3-2-4-8-13/h2-10,12H,11H2,1H3,(H,21,22,26). The van der Waals surface area contributed by atoms with Crippen molar-refractivity contribution in [2.45, 2.75) is 6.54 Å². The number of fused-ring (bicyclic) bond motifs is 1. The van der Waals surface area contributed by atoms with Gasteiger partial charge in [0.2, 0.25) is 5.95 Å². The fourth-order valence-electron chi connectivity index (χ4n) is 2.87. The Morgan fingerprint density at radius 3 is 2.58 bits per heavy atom. The number of carbonyl (C=O) groups is 1. The molecule has 130 valence electrons. The summed E-state index contributed by atoms with van der Waals surface area (Å²) >= 11 is 3.37. The molecule has 26 heavy (non-hydrogen) atoms. The van der Waals surface area contributed by atoms with Gasteiger partial charge in [0.15, 0.2) is 5.69 Å². The smallest absolute Gasteiger partial charge is 0.279 e. The summed E-state index contributed by atoms with van der Waals surface area (Å²) in [6.07, 6.45) is 1.74. The number of rotatable bonds is 4. The van der Waals surface area contributed by atoms with Gasteiger partial charge in [0.25, 0.3) is 5.91 Å². The van der Waals surface area contributed by atoms with Gasteiger partial charge < -0.3 is 4.57 Å². The fraction of sp³-hybridized carbons (Fsp3) is 0.105. The van der Waals surface area contributed by atoms with Crippen LogP contribution in [0.4, 0.5) is 5.95 Å². The maximum Gasteiger partial charge on any atom is 0.279 e. The number of benzene rings is 2. The first-order valence-electron chi connectivity index (χ1n) is 8.11. The van der Waals surface area contributed by atoms with Crippen LogP contribution in [0, 0.1) is 0 Å². The van der Waals surface area contributed by atoms with Crippen LogP contribution in [0.1, 0.15) is 16.1 Å². The minimum Gasteiger partial charge on any atom is -0.305 e. The van der Waals surface area contributed by atoms with Crippen LogP contribution < -0.4 is 5.32 Å². The summed E-state index contributed by atoms with van der Waals surface area (Å²) in [5.41, 5.74) is 3.25. The second-order valence-electron chi connectivity index (χ2n) is 5.95. The van der Waals surface area contributed by atoms with E-state index in [-0.39, 0.29) is 5.91 Å². The molecular formula is C19H16BrN5O. The molecule has 2 heterocycles. The van der Waals surface area contributed by atoms with Crippen molar-refractivity contribution in [2.24, 2.45) is 7.05 Å². The number of aromatic nitrogens is 4. The van der Waals surface area contributed by atoms with Crippen LogP contribution in [-0.2, 0) is 13.6 Å². The molecule has 0 radical (unpaired) electrons. The SMILES string of the molecule is Cn1cc(Br)c(C(=O)Nc2nc3ccccc3n2Cc2ccccc2)n1. The van der Waals surface area contributed by atoms with E-state index in [0.29, 0.717) is 22.7 Å². The number of carbonyl (C=O) groups excluding carboxylic acids is 1. The largest absolute Gasteiger partial charge is 0.305 e. The zero-order chi connectivity index (χ0) is 18.1. The average Bonchev–Trinajstić information content (AvgIpc) is 3.15. The van der Waals surface area contributed by atoms with Gasteiger partial charge in [-0.3, -0.25) is 14.8 Å². The summed E-state index contributed by atoms with van der Waals surface area (Å²) in [6, 6.07) is 17.9. The highest BCUT2D eigenvalue weighted by Gasteiger charge is 2.18. The van der Waals surface area contributed by atoms with Gasteiger partial charge in [-0.15, -0.1) is 0 Å². The van der Waals surface area contributed by atoms with E-state index in [0.717, 1.165) is 16.6 Å². The first kappa shape index (κ1) is 16.5. The molecule has 7 heteroatoms. The number of nitrogens with one attached hydrogen (secondary N) is 1. The van der Waals surface area contributed by atoms with Crippen LogP contribution in [0.25, 0.3) is 11.0 Å². The van der Waals surface area contributed by atoms with Crippen LogP contribution in [0.5, 0.6) is 0 Å². The molecule has 4 rings (SSSR count). The molecule has 4 aromatic rings. The van der Waals surface area contributed by atoms with E-state index in [1.807, 2.05) is 47.0 Å². The van der Waals surface area contributed by atoms with Crippen LogP contribution in [0.2, 0.25) is 0 Å². The Hall–Kier alpha value is -2.93. The summed E-state index contributed by atoms with van der Waals surface area (Å²) < 4.78 is 4.23. The van der Waals surface area contributed by atoms with Crippen molar-refractivity contribution >= 4 is 38.8 Å². The monoisotopic (exact) mass is 409 g/mol. The lowest BCUT2D eigenvalue weighted by Crippen LogP contribution is -2.17. The zero-order valence-corrected chi connectivity index (χ0v) is 15.6.